The molecule has 20 heavy (non-hydrogen) atoms. The minimum Gasteiger partial charge on any atom is -0.480 e. The summed E-state index contributed by atoms with van der Waals surface area (Å²) < 4.78 is 0. The topological polar surface area (TPSA) is 131 Å². The van der Waals surface area contributed by atoms with Crippen molar-refractivity contribution in [2.24, 2.45) is 0 Å². The van der Waals surface area contributed by atoms with Gasteiger partial charge >= 0.3 is 5.97 Å². The van der Waals surface area contributed by atoms with E-state index in [1.54, 1.807) is 29.7 Å². The summed E-state index contributed by atoms with van der Waals surface area (Å²) in [5.41, 5.74) is 8.06. The summed E-state index contributed by atoms with van der Waals surface area (Å²) in [5, 5.41) is 26.1. The van der Waals surface area contributed by atoms with Gasteiger partial charge in [-0.25, -0.2) is 0 Å². The molecule has 1 rings (SSSR count). The third kappa shape index (κ3) is 5.22. The number of carboxylic acid groups (broad SMARTS) is 1. The van der Waals surface area contributed by atoms with Crippen molar-refractivity contribution in [3.8, 4) is 0 Å². The van der Waals surface area contributed by atoms with Crippen molar-refractivity contribution in [2.45, 2.75) is 25.5 Å². The monoisotopic (exact) mass is 283 g/mol. The number of aliphatic carboxylic acids is 1. The van der Waals surface area contributed by atoms with Gasteiger partial charge in [-0.3, -0.25) is 20.4 Å². The first-order chi connectivity index (χ1) is 9.56. The van der Waals surface area contributed by atoms with Crippen LogP contribution in [0.5, 0.6) is 0 Å². The van der Waals surface area contributed by atoms with Crippen LogP contribution in [0.2, 0.25) is 0 Å². The van der Waals surface area contributed by atoms with Gasteiger partial charge < -0.3 is 15.4 Å². The number of hydrogen-bond acceptors (Lipinski definition) is 6. The smallest absolute Gasteiger partial charge is 0.323 e. The molecule has 1 aromatic carbocycles. The molecule has 8 nitrogen and oxygen atoms in total. The summed E-state index contributed by atoms with van der Waals surface area (Å²) in [6, 6.07) is 5.59. The van der Waals surface area contributed by atoms with Crippen LogP contribution >= 0.6 is 0 Å². The molecule has 0 unspecified atom stereocenters. The van der Waals surface area contributed by atoms with Crippen molar-refractivity contribution in [3.63, 3.8) is 0 Å². The highest BCUT2D eigenvalue weighted by molar-refractivity contribution is 5.79. The molecule has 1 amide bonds. The summed E-state index contributed by atoms with van der Waals surface area (Å²) in [6.07, 6.45) is -0.102. The fourth-order valence-electron chi connectivity index (χ4n) is 1.42. The maximum atomic E-state index is 11.5. The molecule has 0 aromatic heterocycles. The fourth-order valence-corrected chi connectivity index (χ4v) is 1.42. The molecule has 0 heterocycles. The zero-order chi connectivity index (χ0) is 15.0. The van der Waals surface area contributed by atoms with Gasteiger partial charge in [0, 0.05) is 6.42 Å². The molecule has 0 radical (unpaired) electrons. The number of aliphatic hydroxyl groups is 1. The van der Waals surface area contributed by atoms with Crippen LogP contribution in [-0.4, -0.2) is 33.3 Å². The van der Waals surface area contributed by atoms with E-state index in [1.165, 1.54) is 0 Å². The number of amides is 1. The largest absolute Gasteiger partial charge is 0.480 e. The van der Waals surface area contributed by atoms with Crippen LogP contribution in [0.1, 0.15) is 18.4 Å². The second-order valence-electron chi connectivity index (χ2n) is 4.09. The first-order valence-electron chi connectivity index (χ1n) is 5.94. The second kappa shape index (κ2) is 8.10. The van der Waals surface area contributed by atoms with Gasteiger partial charge in [0.2, 0.25) is 5.91 Å². The van der Waals surface area contributed by atoms with Crippen molar-refractivity contribution in [1.29, 1.82) is 0 Å². The summed E-state index contributed by atoms with van der Waals surface area (Å²) in [5.74, 6) is -1.63. The van der Waals surface area contributed by atoms with Crippen LogP contribution in [0.4, 0.5) is 5.69 Å². The number of benzene rings is 1. The Balaban J connectivity index is 2.33. The SMILES string of the molecule is O=C(CC[C@H](NO)C(=O)O)NNc1ccc(CO)cc1. The molecule has 1 aromatic rings. The molecule has 0 bridgehead atoms. The lowest BCUT2D eigenvalue weighted by Crippen LogP contribution is -2.36. The number of nitrogens with one attached hydrogen (secondary N) is 3. The van der Waals surface area contributed by atoms with Gasteiger partial charge in [0.15, 0.2) is 0 Å². The first-order valence-corrected chi connectivity index (χ1v) is 5.94. The molecule has 6 N–H and O–H groups in total. The predicted molar refractivity (Wildman–Crippen MR) is 69.7 cm³/mol. The molecule has 0 aliphatic carbocycles. The van der Waals surface area contributed by atoms with Crippen LogP contribution in [0.3, 0.4) is 0 Å². The Kier molecular flexibility index (Phi) is 6.44. The molecule has 8 heteroatoms. The normalized spacial score (nSPS) is 11.7. The van der Waals surface area contributed by atoms with Crippen molar-refractivity contribution in [2.75, 3.05) is 5.43 Å². The van der Waals surface area contributed by atoms with E-state index in [4.69, 9.17) is 15.4 Å². The molecule has 0 spiro atoms. The quantitative estimate of drug-likeness (QED) is 0.365. The van der Waals surface area contributed by atoms with Crippen molar-refractivity contribution in [3.05, 3.63) is 29.8 Å². The average molecular weight is 283 g/mol. The van der Waals surface area contributed by atoms with E-state index in [2.05, 4.69) is 10.9 Å². The van der Waals surface area contributed by atoms with Gasteiger partial charge in [-0.1, -0.05) is 12.1 Å². The zero-order valence-corrected chi connectivity index (χ0v) is 10.7. The molecule has 0 fully saturated rings. The van der Waals surface area contributed by atoms with Crippen LogP contribution in [0.25, 0.3) is 0 Å². The maximum Gasteiger partial charge on any atom is 0.323 e. The van der Waals surface area contributed by atoms with E-state index < -0.39 is 17.9 Å². The van der Waals surface area contributed by atoms with Gasteiger partial charge in [0.1, 0.15) is 6.04 Å². The van der Waals surface area contributed by atoms with Crippen molar-refractivity contribution in [1.82, 2.24) is 10.9 Å². The minimum atomic E-state index is -1.23. The zero-order valence-electron chi connectivity index (χ0n) is 10.7. The molecule has 1 atom stereocenters. The summed E-state index contributed by atoms with van der Waals surface area (Å²) in [7, 11) is 0. The number of aliphatic hydroxyl groups excluding tert-OH is 1. The van der Waals surface area contributed by atoms with Crippen LogP contribution < -0.4 is 16.3 Å². The number of carbonyl (C=O) groups excluding carboxylic acids is 1. The molecule has 110 valence electrons. The molecular formula is C12H17N3O5. The molecule has 0 saturated heterocycles. The average Bonchev–Trinajstić information content (AvgIpc) is 2.46. The van der Waals surface area contributed by atoms with E-state index in [-0.39, 0.29) is 19.4 Å². The Hall–Kier alpha value is -2.16. The van der Waals surface area contributed by atoms with E-state index in [0.717, 1.165) is 5.56 Å². The Morgan fingerprint density at radius 1 is 1.20 bits per heavy atom. The predicted octanol–water partition coefficient (Wildman–Crippen LogP) is -0.166. The summed E-state index contributed by atoms with van der Waals surface area (Å²) in [6.45, 7) is -0.0582. The lowest BCUT2D eigenvalue weighted by Gasteiger charge is -2.11. The standard InChI is InChI=1S/C12H17N3O5/c16-7-8-1-3-9(4-2-8)13-14-11(17)6-5-10(15-20)12(18)19/h1-4,10,13,15-16,20H,5-7H2,(H,14,17)(H,18,19)/t10-/m0/s1. The third-order valence-corrected chi connectivity index (χ3v) is 2.60. The molecular weight excluding hydrogens is 266 g/mol. The number of carboxylic acids is 1. The number of carbonyl (C=O) groups is 2. The fraction of sp³-hybridized carbons (Fsp3) is 0.333. The number of anilines is 1. The molecule has 0 aliphatic rings. The summed E-state index contributed by atoms with van der Waals surface area (Å²) >= 11 is 0. The molecule has 0 aliphatic heterocycles. The van der Waals surface area contributed by atoms with Crippen LogP contribution in [-0.2, 0) is 16.2 Å². The maximum absolute atomic E-state index is 11.5. The highest BCUT2D eigenvalue weighted by Gasteiger charge is 2.17. The highest BCUT2D eigenvalue weighted by Crippen LogP contribution is 2.08. The van der Waals surface area contributed by atoms with Crippen LogP contribution in [0.15, 0.2) is 24.3 Å². The van der Waals surface area contributed by atoms with E-state index >= 15 is 0 Å². The minimum absolute atomic E-state index is 0.0389. The lowest BCUT2D eigenvalue weighted by molar-refractivity contribution is -0.142. The molecule has 0 saturated carbocycles. The number of hydrazine groups is 1. The Bertz CT molecular complexity index is 449. The first kappa shape index (κ1) is 15.9. The number of hydroxylamine groups is 1. The second-order valence-corrected chi connectivity index (χ2v) is 4.09. The van der Waals surface area contributed by atoms with Crippen LogP contribution in [0, 0.1) is 0 Å². The number of hydrogen-bond donors (Lipinski definition) is 6. The van der Waals surface area contributed by atoms with Gasteiger partial charge in [-0.15, -0.1) is 0 Å². The Morgan fingerprint density at radius 3 is 2.35 bits per heavy atom. The van der Waals surface area contributed by atoms with E-state index in [0.29, 0.717) is 5.69 Å². The Morgan fingerprint density at radius 2 is 1.85 bits per heavy atom. The van der Waals surface area contributed by atoms with E-state index in [1.807, 2.05) is 0 Å². The van der Waals surface area contributed by atoms with Gasteiger partial charge in [-0.05, 0) is 24.1 Å². The Labute approximate surface area is 115 Å². The van der Waals surface area contributed by atoms with Crippen molar-refractivity contribution < 1.29 is 25.0 Å². The number of rotatable bonds is 8. The van der Waals surface area contributed by atoms with Gasteiger partial charge in [0.25, 0.3) is 0 Å². The van der Waals surface area contributed by atoms with E-state index in [9.17, 15) is 9.59 Å². The van der Waals surface area contributed by atoms with Gasteiger partial charge in [0.05, 0.1) is 12.3 Å². The highest BCUT2D eigenvalue weighted by atomic mass is 16.5. The van der Waals surface area contributed by atoms with Crippen molar-refractivity contribution >= 4 is 17.6 Å². The summed E-state index contributed by atoms with van der Waals surface area (Å²) in [4.78, 5) is 22.1. The third-order valence-electron chi connectivity index (χ3n) is 2.60. The van der Waals surface area contributed by atoms with Gasteiger partial charge in [-0.2, -0.15) is 5.48 Å². The lowest BCUT2D eigenvalue weighted by atomic mass is 10.1.